The molecule has 0 saturated carbocycles. The van der Waals surface area contributed by atoms with Crippen LogP contribution in [0.5, 0.6) is 0 Å². The summed E-state index contributed by atoms with van der Waals surface area (Å²) in [5, 5.41) is 24.0. The van der Waals surface area contributed by atoms with Crippen LogP contribution in [-0.4, -0.2) is 25.6 Å². The van der Waals surface area contributed by atoms with Crippen LogP contribution in [0.25, 0.3) is 5.69 Å². The van der Waals surface area contributed by atoms with E-state index >= 15 is 0 Å². The number of aromatic nitrogens is 3. The van der Waals surface area contributed by atoms with E-state index in [-0.39, 0.29) is 16.3 Å². The van der Waals surface area contributed by atoms with Crippen molar-refractivity contribution >= 4 is 35.0 Å². The summed E-state index contributed by atoms with van der Waals surface area (Å²) >= 11 is 7.86. The number of non-ortho nitro benzene ring substituents is 1. The number of carbonyl (C=O) groups excluding carboxylic acids is 1. The van der Waals surface area contributed by atoms with Crippen LogP contribution in [0, 0.1) is 17.0 Å². The van der Waals surface area contributed by atoms with Gasteiger partial charge in [0.2, 0.25) is 0 Å². The lowest BCUT2D eigenvalue weighted by atomic mass is 10.0. The lowest BCUT2D eigenvalue weighted by molar-refractivity contribution is -0.384. The Balaban J connectivity index is 1.54. The third-order valence-corrected chi connectivity index (χ3v) is 7.78. The summed E-state index contributed by atoms with van der Waals surface area (Å²) in [6.07, 6.45) is 0.435. The highest BCUT2D eigenvalue weighted by Gasteiger charge is 2.26. The van der Waals surface area contributed by atoms with Crippen molar-refractivity contribution in [2.75, 3.05) is 0 Å². The van der Waals surface area contributed by atoms with Crippen LogP contribution in [0.4, 0.5) is 5.69 Å². The normalized spacial score (nSPS) is 11.7. The lowest BCUT2D eigenvalue weighted by Crippen LogP contribution is -2.32. The SMILES string of the molecule is Cc1ccc(-n2c(SCc3ccccc3)nnc2C(Cc2ccccc2)NC(=O)c2ccc([N+](=O)[O-])cc2Cl)cc1. The molecule has 0 fully saturated rings. The molecule has 1 amide bonds. The average Bonchev–Trinajstić information content (AvgIpc) is 3.41. The number of hydrogen-bond acceptors (Lipinski definition) is 6. The van der Waals surface area contributed by atoms with Gasteiger partial charge in [-0.2, -0.15) is 0 Å². The Kier molecular flexibility index (Phi) is 8.76. The minimum Gasteiger partial charge on any atom is -0.342 e. The number of nitrogens with one attached hydrogen (secondary N) is 1. The largest absolute Gasteiger partial charge is 0.342 e. The van der Waals surface area contributed by atoms with Gasteiger partial charge in [0.05, 0.1) is 21.6 Å². The van der Waals surface area contributed by atoms with Crippen molar-refractivity contribution in [1.82, 2.24) is 20.1 Å². The average molecular weight is 584 g/mol. The topological polar surface area (TPSA) is 103 Å². The molecule has 10 heteroatoms. The first-order valence-corrected chi connectivity index (χ1v) is 14.2. The van der Waals surface area contributed by atoms with Gasteiger partial charge >= 0.3 is 0 Å². The van der Waals surface area contributed by atoms with Crippen LogP contribution in [-0.2, 0) is 12.2 Å². The summed E-state index contributed by atoms with van der Waals surface area (Å²) < 4.78 is 1.97. The maximum Gasteiger partial charge on any atom is 0.270 e. The van der Waals surface area contributed by atoms with Gasteiger partial charge in [0, 0.05) is 23.6 Å². The summed E-state index contributed by atoms with van der Waals surface area (Å²) in [6, 6.07) is 31.1. The number of aryl methyl sites for hydroxylation is 1. The number of amides is 1. The summed E-state index contributed by atoms with van der Waals surface area (Å²) in [5.74, 6) is 0.779. The molecule has 1 aromatic heterocycles. The van der Waals surface area contributed by atoms with Crippen molar-refractivity contribution < 1.29 is 9.72 Å². The molecule has 0 saturated heterocycles. The van der Waals surface area contributed by atoms with Gasteiger partial charge in [-0.3, -0.25) is 19.5 Å². The van der Waals surface area contributed by atoms with E-state index in [4.69, 9.17) is 11.6 Å². The second kappa shape index (κ2) is 12.8. The van der Waals surface area contributed by atoms with Crippen LogP contribution < -0.4 is 5.32 Å². The van der Waals surface area contributed by atoms with Gasteiger partial charge in [-0.25, -0.2) is 0 Å². The molecule has 5 rings (SSSR count). The molecule has 0 aliphatic rings. The highest BCUT2D eigenvalue weighted by molar-refractivity contribution is 7.98. The van der Waals surface area contributed by atoms with Crippen LogP contribution >= 0.6 is 23.4 Å². The van der Waals surface area contributed by atoms with Gasteiger partial charge in [-0.15, -0.1) is 10.2 Å². The molecule has 0 aliphatic heterocycles. The standard InChI is InChI=1S/C31H26ClN5O3S/c1-21-12-14-24(15-13-21)36-29(34-35-31(36)41-20-23-10-6-3-7-11-23)28(18-22-8-4-2-5-9-22)33-30(38)26-17-16-25(37(39)40)19-27(26)32/h2-17,19,28H,18,20H2,1H3,(H,33,38). The van der Waals surface area contributed by atoms with Crippen molar-refractivity contribution in [3.63, 3.8) is 0 Å². The van der Waals surface area contributed by atoms with Crippen molar-refractivity contribution in [1.29, 1.82) is 0 Å². The molecule has 206 valence electrons. The fraction of sp³-hybridized carbons (Fsp3) is 0.129. The minimum absolute atomic E-state index is 0.00531. The predicted molar refractivity (Wildman–Crippen MR) is 161 cm³/mol. The first kappa shape index (κ1) is 28.1. The summed E-state index contributed by atoms with van der Waals surface area (Å²) in [4.78, 5) is 24.1. The molecule has 41 heavy (non-hydrogen) atoms. The van der Waals surface area contributed by atoms with Crippen molar-refractivity contribution in [2.24, 2.45) is 0 Å². The maximum absolute atomic E-state index is 13.5. The smallest absolute Gasteiger partial charge is 0.270 e. The van der Waals surface area contributed by atoms with Crippen LogP contribution in [0.2, 0.25) is 5.02 Å². The third-order valence-electron chi connectivity index (χ3n) is 6.47. The van der Waals surface area contributed by atoms with Crippen molar-refractivity contribution in [3.05, 3.63) is 146 Å². The molecule has 0 spiro atoms. The van der Waals surface area contributed by atoms with Crippen LogP contribution in [0.15, 0.2) is 108 Å². The van der Waals surface area contributed by atoms with Crippen molar-refractivity contribution in [2.45, 2.75) is 30.3 Å². The second-order valence-corrected chi connectivity index (χ2v) is 10.8. The van der Waals surface area contributed by atoms with E-state index < -0.39 is 16.9 Å². The quantitative estimate of drug-likeness (QED) is 0.106. The Hall–Kier alpha value is -4.47. The Bertz CT molecular complexity index is 1660. The molecule has 8 nitrogen and oxygen atoms in total. The molecule has 1 atom stereocenters. The number of nitrogens with zero attached hydrogens (tertiary/aromatic N) is 4. The van der Waals surface area contributed by atoms with E-state index in [2.05, 4.69) is 27.6 Å². The third kappa shape index (κ3) is 6.82. The summed E-state index contributed by atoms with van der Waals surface area (Å²) in [7, 11) is 0. The zero-order valence-electron chi connectivity index (χ0n) is 22.1. The van der Waals surface area contributed by atoms with E-state index in [1.807, 2.05) is 84.3 Å². The Morgan fingerprint density at radius 1 is 0.951 bits per heavy atom. The first-order valence-electron chi connectivity index (χ1n) is 12.9. The molecule has 1 N–H and O–H groups in total. The highest BCUT2D eigenvalue weighted by atomic mass is 35.5. The predicted octanol–water partition coefficient (Wildman–Crippen LogP) is 7.14. The number of nitro benzene ring substituents is 1. The Morgan fingerprint density at radius 3 is 2.24 bits per heavy atom. The summed E-state index contributed by atoms with van der Waals surface area (Å²) in [5.41, 5.74) is 4.07. The number of halogens is 1. The molecule has 0 bridgehead atoms. The van der Waals surface area contributed by atoms with Gasteiger partial charge in [-0.05, 0) is 42.7 Å². The van der Waals surface area contributed by atoms with Gasteiger partial charge in [0.25, 0.3) is 11.6 Å². The molecule has 4 aromatic carbocycles. The first-order chi connectivity index (χ1) is 19.9. The van der Waals surface area contributed by atoms with E-state index in [1.54, 1.807) is 11.8 Å². The van der Waals surface area contributed by atoms with E-state index in [9.17, 15) is 14.9 Å². The Labute approximate surface area is 246 Å². The molecule has 5 aromatic rings. The fourth-order valence-corrected chi connectivity index (χ4v) is 5.53. The lowest BCUT2D eigenvalue weighted by Gasteiger charge is -2.21. The fourth-order valence-electron chi connectivity index (χ4n) is 4.35. The van der Waals surface area contributed by atoms with E-state index in [0.717, 1.165) is 22.4 Å². The molecule has 1 unspecified atom stereocenters. The number of hydrogen-bond donors (Lipinski definition) is 1. The molecular weight excluding hydrogens is 558 g/mol. The summed E-state index contributed by atoms with van der Waals surface area (Å²) in [6.45, 7) is 2.02. The Morgan fingerprint density at radius 2 is 1.61 bits per heavy atom. The number of thioether (sulfide) groups is 1. The molecule has 0 radical (unpaired) electrons. The molecule has 1 heterocycles. The molecule has 0 aliphatic carbocycles. The number of nitro groups is 1. The van der Waals surface area contributed by atoms with Gasteiger partial charge in [-0.1, -0.05) is 102 Å². The monoisotopic (exact) mass is 583 g/mol. The maximum atomic E-state index is 13.5. The van der Waals surface area contributed by atoms with Gasteiger partial charge in [0.1, 0.15) is 0 Å². The number of benzene rings is 4. The van der Waals surface area contributed by atoms with Crippen LogP contribution in [0.3, 0.4) is 0 Å². The zero-order valence-corrected chi connectivity index (χ0v) is 23.7. The molecular formula is C31H26ClN5O3S. The van der Waals surface area contributed by atoms with Gasteiger partial charge in [0.15, 0.2) is 11.0 Å². The second-order valence-electron chi connectivity index (χ2n) is 9.42. The highest BCUT2D eigenvalue weighted by Crippen LogP contribution is 2.30. The van der Waals surface area contributed by atoms with E-state index in [1.165, 1.54) is 18.2 Å². The zero-order chi connectivity index (χ0) is 28.8. The van der Waals surface area contributed by atoms with Crippen LogP contribution in [0.1, 0.15) is 38.9 Å². The van der Waals surface area contributed by atoms with E-state index in [0.29, 0.717) is 23.2 Å². The minimum atomic E-state index is -0.587. The number of rotatable bonds is 10. The van der Waals surface area contributed by atoms with Gasteiger partial charge < -0.3 is 5.32 Å². The van der Waals surface area contributed by atoms with Crippen molar-refractivity contribution in [3.8, 4) is 5.69 Å². The number of carbonyl (C=O) groups is 1.